The fraction of sp³-hybridized carbons (Fsp3) is 0.385. The van der Waals surface area contributed by atoms with Crippen LogP contribution in [-0.4, -0.2) is 35.1 Å². The maximum absolute atomic E-state index is 12.0. The Labute approximate surface area is 119 Å². The summed E-state index contributed by atoms with van der Waals surface area (Å²) in [5.41, 5.74) is -0.144. The minimum atomic E-state index is -0.855. The first-order valence-electron chi connectivity index (χ1n) is 5.96. The molecular formula is C13H15BrN2O3. The van der Waals surface area contributed by atoms with E-state index in [2.05, 4.69) is 21.2 Å². The first-order chi connectivity index (χ1) is 8.90. The van der Waals surface area contributed by atoms with E-state index in [-0.39, 0.29) is 12.6 Å². The third-order valence-corrected chi connectivity index (χ3v) is 3.90. The molecule has 1 aromatic rings. The molecule has 2 amide bonds. The van der Waals surface area contributed by atoms with Gasteiger partial charge in [-0.05, 0) is 37.6 Å². The molecule has 0 aromatic heterocycles. The third-order valence-electron chi connectivity index (χ3n) is 3.37. The molecule has 2 N–H and O–H groups in total. The van der Waals surface area contributed by atoms with Crippen molar-refractivity contribution in [3.8, 4) is 0 Å². The second-order valence-corrected chi connectivity index (χ2v) is 5.89. The number of halogens is 1. The topological polar surface area (TPSA) is 69.6 Å². The van der Waals surface area contributed by atoms with Crippen molar-refractivity contribution in [3.63, 3.8) is 0 Å². The summed E-state index contributed by atoms with van der Waals surface area (Å²) in [6, 6.07) is 6.98. The molecule has 19 heavy (non-hydrogen) atoms. The molecule has 0 saturated carbocycles. The molecule has 1 aliphatic heterocycles. The molecule has 1 atom stereocenters. The van der Waals surface area contributed by atoms with Crippen molar-refractivity contribution in [2.24, 2.45) is 5.41 Å². The van der Waals surface area contributed by atoms with Crippen LogP contribution in [0.1, 0.15) is 13.3 Å². The summed E-state index contributed by atoms with van der Waals surface area (Å²) < 4.78 is 0.935. The highest BCUT2D eigenvalue weighted by Gasteiger charge is 2.42. The number of carbonyl (C=O) groups excluding carboxylic acids is 1. The first-order valence-corrected chi connectivity index (χ1v) is 6.75. The van der Waals surface area contributed by atoms with Gasteiger partial charge in [-0.3, -0.25) is 4.79 Å². The van der Waals surface area contributed by atoms with Gasteiger partial charge >= 0.3 is 12.0 Å². The van der Waals surface area contributed by atoms with Gasteiger partial charge in [0.05, 0.1) is 5.41 Å². The molecule has 0 bridgehead atoms. The first kappa shape index (κ1) is 13.9. The molecule has 1 unspecified atom stereocenters. The van der Waals surface area contributed by atoms with Crippen molar-refractivity contribution < 1.29 is 14.7 Å². The van der Waals surface area contributed by atoms with Crippen LogP contribution in [0.5, 0.6) is 0 Å². The lowest BCUT2D eigenvalue weighted by Crippen LogP contribution is -2.37. The van der Waals surface area contributed by atoms with Gasteiger partial charge in [0.15, 0.2) is 0 Å². The molecule has 1 aliphatic rings. The van der Waals surface area contributed by atoms with Gasteiger partial charge in [-0.1, -0.05) is 15.9 Å². The fourth-order valence-corrected chi connectivity index (χ4v) is 2.31. The lowest BCUT2D eigenvalue weighted by atomic mass is 9.90. The molecule has 2 rings (SSSR count). The van der Waals surface area contributed by atoms with Crippen molar-refractivity contribution in [2.75, 3.05) is 18.4 Å². The average molecular weight is 327 g/mol. The average Bonchev–Trinajstić information content (AvgIpc) is 2.76. The number of likely N-dealkylation sites (tertiary alicyclic amines) is 1. The number of urea groups is 1. The number of hydrogen-bond donors (Lipinski definition) is 2. The van der Waals surface area contributed by atoms with Gasteiger partial charge in [0.25, 0.3) is 0 Å². The number of benzene rings is 1. The zero-order valence-electron chi connectivity index (χ0n) is 10.5. The molecule has 6 heteroatoms. The predicted octanol–water partition coefficient (Wildman–Crippen LogP) is 2.78. The van der Waals surface area contributed by atoms with Crippen LogP contribution >= 0.6 is 15.9 Å². The van der Waals surface area contributed by atoms with Crippen LogP contribution in [0, 0.1) is 5.41 Å². The van der Waals surface area contributed by atoms with E-state index in [0.717, 1.165) is 4.47 Å². The minimum Gasteiger partial charge on any atom is -0.481 e. The van der Waals surface area contributed by atoms with Crippen molar-refractivity contribution >= 4 is 33.6 Å². The number of nitrogens with zero attached hydrogens (tertiary/aromatic N) is 1. The van der Waals surface area contributed by atoms with Crippen LogP contribution < -0.4 is 5.32 Å². The van der Waals surface area contributed by atoms with E-state index in [1.165, 1.54) is 4.90 Å². The summed E-state index contributed by atoms with van der Waals surface area (Å²) in [7, 11) is 0. The fourth-order valence-electron chi connectivity index (χ4n) is 2.04. The molecule has 1 heterocycles. The Balaban J connectivity index is 1.98. The standard InChI is InChI=1S/C13H15BrN2O3/c1-13(11(17)18)6-7-16(8-13)12(19)15-10-4-2-9(14)3-5-10/h2-5H,6-8H2,1H3,(H,15,19)(H,17,18). The van der Waals surface area contributed by atoms with E-state index < -0.39 is 11.4 Å². The van der Waals surface area contributed by atoms with Crippen molar-refractivity contribution in [2.45, 2.75) is 13.3 Å². The number of amides is 2. The van der Waals surface area contributed by atoms with Crippen molar-refractivity contribution in [1.29, 1.82) is 0 Å². The SMILES string of the molecule is CC1(C(=O)O)CCN(C(=O)Nc2ccc(Br)cc2)C1. The van der Waals surface area contributed by atoms with E-state index in [4.69, 9.17) is 5.11 Å². The third kappa shape index (κ3) is 3.07. The van der Waals surface area contributed by atoms with Crippen LogP contribution in [0.2, 0.25) is 0 Å². The van der Waals surface area contributed by atoms with Crippen LogP contribution in [0.3, 0.4) is 0 Å². The number of aliphatic carboxylic acids is 1. The van der Waals surface area contributed by atoms with Gasteiger partial charge in [0, 0.05) is 23.2 Å². The Morgan fingerprint density at radius 2 is 2.00 bits per heavy atom. The van der Waals surface area contributed by atoms with Gasteiger partial charge in [-0.15, -0.1) is 0 Å². The minimum absolute atomic E-state index is 0.241. The molecule has 1 saturated heterocycles. The van der Waals surface area contributed by atoms with E-state index in [0.29, 0.717) is 18.7 Å². The van der Waals surface area contributed by atoms with Crippen LogP contribution in [0.15, 0.2) is 28.7 Å². The van der Waals surface area contributed by atoms with Gasteiger partial charge in [-0.25, -0.2) is 4.79 Å². The predicted molar refractivity (Wildman–Crippen MR) is 75.1 cm³/mol. The van der Waals surface area contributed by atoms with Crippen LogP contribution in [0.25, 0.3) is 0 Å². The normalized spacial score (nSPS) is 22.3. The number of carboxylic acid groups (broad SMARTS) is 1. The van der Waals surface area contributed by atoms with Crippen LogP contribution in [0.4, 0.5) is 10.5 Å². The maximum atomic E-state index is 12.0. The highest BCUT2D eigenvalue weighted by molar-refractivity contribution is 9.10. The monoisotopic (exact) mass is 326 g/mol. The van der Waals surface area contributed by atoms with Crippen LogP contribution in [-0.2, 0) is 4.79 Å². The number of anilines is 1. The molecule has 102 valence electrons. The largest absolute Gasteiger partial charge is 0.481 e. The van der Waals surface area contributed by atoms with Gasteiger partial charge in [0.2, 0.25) is 0 Å². The van der Waals surface area contributed by atoms with E-state index >= 15 is 0 Å². The quantitative estimate of drug-likeness (QED) is 0.877. The van der Waals surface area contributed by atoms with E-state index in [1.54, 1.807) is 19.1 Å². The number of nitrogens with one attached hydrogen (secondary N) is 1. The zero-order valence-corrected chi connectivity index (χ0v) is 12.1. The van der Waals surface area contributed by atoms with Gasteiger partial charge in [0.1, 0.15) is 0 Å². The molecule has 0 radical (unpaired) electrons. The molecule has 0 spiro atoms. The summed E-state index contributed by atoms with van der Waals surface area (Å²) >= 11 is 3.32. The Bertz CT molecular complexity index is 503. The number of carbonyl (C=O) groups is 2. The Morgan fingerprint density at radius 3 is 2.53 bits per heavy atom. The second-order valence-electron chi connectivity index (χ2n) is 4.97. The lowest BCUT2D eigenvalue weighted by molar-refractivity contribution is -0.146. The molecular weight excluding hydrogens is 312 g/mol. The Kier molecular flexibility index (Phi) is 3.80. The molecule has 5 nitrogen and oxygen atoms in total. The van der Waals surface area contributed by atoms with Crippen molar-refractivity contribution in [3.05, 3.63) is 28.7 Å². The summed E-state index contributed by atoms with van der Waals surface area (Å²) in [5.74, 6) is -0.855. The molecule has 0 aliphatic carbocycles. The van der Waals surface area contributed by atoms with E-state index in [9.17, 15) is 9.59 Å². The summed E-state index contributed by atoms with van der Waals surface area (Å²) in [6.07, 6.45) is 0.482. The number of rotatable bonds is 2. The highest BCUT2D eigenvalue weighted by atomic mass is 79.9. The van der Waals surface area contributed by atoms with Gasteiger partial charge < -0.3 is 15.3 Å². The highest BCUT2D eigenvalue weighted by Crippen LogP contribution is 2.30. The lowest BCUT2D eigenvalue weighted by Gasteiger charge is -2.20. The van der Waals surface area contributed by atoms with E-state index in [1.807, 2.05) is 12.1 Å². The Hall–Kier alpha value is -1.56. The molecule has 1 fully saturated rings. The molecule has 1 aromatic carbocycles. The Morgan fingerprint density at radius 1 is 1.37 bits per heavy atom. The number of hydrogen-bond acceptors (Lipinski definition) is 2. The zero-order chi connectivity index (χ0) is 14.0. The summed E-state index contributed by atoms with van der Waals surface area (Å²) in [6.45, 7) is 2.37. The van der Waals surface area contributed by atoms with Gasteiger partial charge in [-0.2, -0.15) is 0 Å². The smallest absolute Gasteiger partial charge is 0.321 e. The summed E-state index contributed by atoms with van der Waals surface area (Å²) in [5, 5.41) is 11.9. The maximum Gasteiger partial charge on any atom is 0.321 e. The second kappa shape index (κ2) is 5.21. The summed E-state index contributed by atoms with van der Waals surface area (Å²) in [4.78, 5) is 24.7. The number of carboxylic acids is 1. The van der Waals surface area contributed by atoms with Crippen molar-refractivity contribution in [1.82, 2.24) is 4.90 Å².